The van der Waals surface area contributed by atoms with E-state index in [2.05, 4.69) is 52.5 Å². The van der Waals surface area contributed by atoms with Gasteiger partial charge in [0.1, 0.15) is 0 Å². The molecule has 1 aliphatic heterocycles. The fourth-order valence-electron chi connectivity index (χ4n) is 4.10. The predicted molar refractivity (Wildman–Crippen MR) is 104 cm³/mol. The molecule has 26 heavy (non-hydrogen) atoms. The molecule has 1 atom stereocenters. The van der Waals surface area contributed by atoms with Crippen LogP contribution in [0.4, 0.5) is 0 Å². The van der Waals surface area contributed by atoms with Crippen molar-refractivity contribution in [3.05, 3.63) is 66.0 Å². The van der Waals surface area contributed by atoms with Crippen LogP contribution in [0.5, 0.6) is 0 Å². The second-order valence-corrected chi connectivity index (χ2v) is 7.25. The average Bonchev–Trinajstić information content (AvgIpc) is 3.29. The molecular formula is C22H25N3O. The van der Waals surface area contributed by atoms with E-state index in [1.807, 2.05) is 19.4 Å². The van der Waals surface area contributed by atoms with Crippen molar-refractivity contribution in [3.63, 3.8) is 0 Å². The summed E-state index contributed by atoms with van der Waals surface area (Å²) >= 11 is 0. The first-order valence-corrected chi connectivity index (χ1v) is 9.44. The van der Waals surface area contributed by atoms with Gasteiger partial charge in [-0.05, 0) is 47.6 Å². The van der Waals surface area contributed by atoms with E-state index in [0.717, 1.165) is 37.8 Å². The minimum absolute atomic E-state index is 0.275. The molecule has 0 unspecified atom stereocenters. The molecule has 0 spiro atoms. The van der Waals surface area contributed by atoms with Crippen molar-refractivity contribution in [3.8, 4) is 0 Å². The van der Waals surface area contributed by atoms with Crippen LogP contribution in [0.25, 0.3) is 10.8 Å². The van der Waals surface area contributed by atoms with Crippen molar-refractivity contribution in [1.82, 2.24) is 14.7 Å². The third kappa shape index (κ3) is 3.50. The number of hydrogen-bond acceptors (Lipinski definition) is 2. The van der Waals surface area contributed by atoms with E-state index in [4.69, 9.17) is 0 Å². The van der Waals surface area contributed by atoms with Gasteiger partial charge in [-0.2, -0.15) is 5.10 Å². The van der Waals surface area contributed by atoms with Crippen LogP contribution in [0.1, 0.15) is 30.4 Å². The Kier molecular flexibility index (Phi) is 4.74. The quantitative estimate of drug-likeness (QED) is 0.705. The van der Waals surface area contributed by atoms with Gasteiger partial charge in [-0.3, -0.25) is 9.48 Å². The van der Waals surface area contributed by atoms with Gasteiger partial charge in [0.2, 0.25) is 5.91 Å². The maximum Gasteiger partial charge on any atom is 0.223 e. The molecule has 4 heteroatoms. The van der Waals surface area contributed by atoms with Crippen molar-refractivity contribution < 1.29 is 4.79 Å². The third-order valence-corrected chi connectivity index (χ3v) is 5.42. The van der Waals surface area contributed by atoms with Crippen molar-refractivity contribution in [2.75, 3.05) is 6.54 Å². The first-order chi connectivity index (χ1) is 12.7. The molecular weight excluding hydrogens is 322 g/mol. The molecule has 3 aromatic rings. The lowest BCUT2D eigenvalue weighted by atomic mass is 9.97. The molecule has 1 saturated heterocycles. The summed E-state index contributed by atoms with van der Waals surface area (Å²) in [6, 6.07) is 15.3. The topological polar surface area (TPSA) is 38.1 Å². The molecule has 4 nitrogen and oxygen atoms in total. The van der Waals surface area contributed by atoms with Crippen LogP contribution in [-0.4, -0.2) is 33.2 Å². The van der Waals surface area contributed by atoms with Crippen LogP contribution in [0.15, 0.2) is 54.9 Å². The Morgan fingerprint density at radius 1 is 1.19 bits per heavy atom. The molecule has 1 fully saturated rings. The molecule has 1 aromatic heterocycles. The zero-order valence-electron chi connectivity index (χ0n) is 15.3. The molecule has 4 rings (SSSR count). The summed E-state index contributed by atoms with van der Waals surface area (Å²) in [5.74, 6) is 0.275. The van der Waals surface area contributed by atoms with Crippen LogP contribution in [0, 0.1) is 0 Å². The predicted octanol–water partition coefficient (Wildman–Crippen LogP) is 3.74. The third-order valence-electron chi connectivity index (χ3n) is 5.42. The number of aryl methyl sites for hydroxylation is 2. The van der Waals surface area contributed by atoms with Gasteiger partial charge in [0.05, 0.1) is 6.20 Å². The van der Waals surface area contributed by atoms with Crippen molar-refractivity contribution >= 4 is 16.7 Å². The van der Waals surface area contributed by atoms with Gasteiger partial charge in [-0.25, -0.2) is 0 Å². The summed E-state index contributed by atoms with van der Waals surface area (Å²) in [6.45, 7) is 0.890. The lowest BCUT2D eigenvalue weighted by molar-refractivity contribution is -0.131. The van der Waals surface area contributed by atoms with E-state index >= 15 is 0 Å². The number of likely N-dealkylation sites (tertiary alicyclic amines) is 1. The van der Waals surface area contributed by atoms with Crippen molar-refractivity contribution in [2.24, 2.45) is 7.05 Å². The summed E-state index contributed by atoms with van der Waals surface area (Å²) < 4.78 is 1.79. The van der Waals surface area contributed by atoms with Gasteiger partial charge in [0.25, 0.3) is 0 Å². The zero-order chi connectivity index (χ0) is 17.9. The van der Waals surface area contributed by atoms with E-state index in [-0.39, 0.29) is 5.91 Å². The highest BCUT2D eigenvalue weighted by molar-refractivity contribution is 5.85. The summed E-state index contributed by atoms with van der Waals surface area (Å²) in [5.41, 5.74) is 2.48. The number of fused-ring (bicyclic) bond motifs is 1. The normalized spacial score (nSPS) is 17.1. The highest BCUT2D eigenvalue weighted by atomic mass is 16.2. The molecule has 0 N–H and O–H groups in total. The van der Waals surface area contributed by atoms with E-state index in [1.54, 1.807) is 4.68 Å². The number of benzene rings is 2. The van der Waals surface area contributed by atoms with Gasteiger partial charge in [-0.15, -0.1) is 0 Å². The standard InChI is InChI=1S/C22H25N3O/c1-24-16-17(15-23-24)11-12-22(26)25-13-5-9-20(25)14-19-8-4-7-18-6-2-3-10-21(18)19/h2-4,6-8,10,15-16,20H,5,9,11-14H2,1H3/t20-/m1/s1. The number of rotatable bonds is 5. The highest BCUT2D eigenvalue weighted by Crippen LogP contribution is 2.26. The van der Waals surface area contributed by atoms with E-state index in [9.17, 15) is 4.79 Å². The Labute approximate surface area is 154 Å². The molecule has 0 bridgehead atoms. The molecule has 0 radical (unpaired) electrons. The maximum absolute atomic E-state index is 12.8. The minimum Gasteiger partial charge on any atom is -0.339 e. The van der Waals surface area contributed by atoms with Gasteiger partial charge in [0, 0.05) is 32.3 Å². The van der Waals surface area contributed by atoms with Gasteiger partial charge < -0.3 is 4.90 Å². The van der Waals surface area contributed by atoms with Crippen LogP contribution in [0.2, 0.25) is 0 Å². The maximum atomic E-state index is 12.8. The number of aromatic nitrogens is 2. The first kappa shape index (κ1) is 16.8. The molecule has 2 aromatic carbocycles. The SMILES string of the molecule is Cn1cc(CCC(=O)N2CCC[C@@H]2Cc2cccc3ccccc23)cn1. The largest absolute Gasteiger partial charge is 0.339 e. The molecule has 1 aliphatic rings. The molecule has 1 amide bonds. The molecule has 2 heterocycles. The lowest BCUT2D eigenvalue weighted by Crippen LogP contribution is -2.37. The zero-order valence-corrected chi connectivity index (χ0v) is 15.3. The number of nitrogens with zero attached hydrogens (tertiary/aromatic N) is 3. The van der Waals surface area contributed by atoms with Crippen molar-refractivity contribution in [1.29, 1.82) is 0 Å². The number of carbonyl (C=O) groups excluding carboxylic acids is 1. The fraction of sp³-hybridized carbons (Fsp3) is 0.364. The van der Waals surface area contributed by atoms with Gasteiger partial charge in [-0.1, -0.05) is 42.5 Å². The van der Waals surface area contributed by atoms with E-state index in [0.29, 0.717) is 12.5 Å². The summed E-state index contributed by atoms with van der Waals surface area (Å²) in [6.07, 6.45) is 8.33. The van der Waals surface area contributed by atoms with Crippen molar-refractivity contribution in [2.45, 2.75) is 38.1 Å². The number of hydrogen-bond donors (Lipinski definition) is 0. The summed E-state index contributed by atoms with van der Waals surface area (Å²) in [7, 11) is 1.91. The monoisotopic (exact) mass is 347 g/mol. The minimum atomic E-state index is 0.275. The van der Waals surface area contributed by atoms with Crippen LogP contribution >= 0.6 is 0 Å². The Morgan fingerprint density at radius 2 is 2.04 bits per heavy atom. The molecule has 0 aliphatic carbocycles. The van der Waals surface area contributed by atoms with Gasteiger partial charge in [0.15, 0.2) is 0 Å². The summed E-state index contributed by atoms with van der Waals surface area (Å²) in [5, 5.41) is 6.77. The Balaban J connectivity index is 1.45. The number of amides is 1. The smallest absolute Gasteiger partial charge is 0.223 e. The van der Waals surface area contributed by atoms with Crippen LogP contribution in [0.3, 0.4) is 0 Å². The number of carbonyl (C=O) groups is 1. The molecule has 0 saturated carbocycles. The van der Waals surface area contributed by atoms with Gasteiger partial charge >= 0.3 is 0 Å². The Morgan fingerprint density at radius 3 is 2.88 bits per heavy atom. The second kappa shape index (κ2) is 7.32. The summed E-state index contributed by atoms with van der Waals surface area (Å²) in [4.78, 5) is 14.9. The Hall–Kier alpha value is -2.62. The highest BCUT2D eigenvalue weighted by Gasteiger charge is 2.28. The Bertz CT molecular complexity index is 909. The fourth-order valence-corrected chi connectivity index (χ4v) is 4.10. The average molecular weight is 347 g/mol. The van der Waals surface area contributed by atoms with E-state index in [1.165, 1.54) is 16.3 Å². The first-order valence-electron chi connectivity index (χ1n) is 9.44. The molecule has 134 valence electrons. The lowest BCUT2D eigenvalue weighted by Gasteiger charge is -2.25. The second-order valence-electron chi connectivity index (χ2n) is 7.25. The van der Waals surface area contributed by atoms with Crippen LogP contribution in [-0.2, 0) is 24.7 Å². The van der Waals surface area contributed by atoms with E-state index < -0.39 is 0 Å². The van der Waals surface area contributed by atoms with Crippen LogP contribution < -0.4 is 0 Å².